The summed E-state index contributed by atoms with van der Waals surface area (Å²) in [5.41, 5.74) is 2.83. The Morgan fingerprint density at radius 1 is 1.00 bits per heavy atom. The molecule has 172 valence electrons. The number of aryl methyl sites for hydroxylation is 2. The van der Waals surface area contributed by atoms with Crippen LogP contribution in [-0.4, -0.2) is 34.8 Å². The fourth-order valence-electron chi connectivity index (χ4n) is 4.57. The Bertz CT molecular complexity index is 1270. The first-order valence-corrected chi connectivity index (χ1v) is 11.3. The molecule has 0 saturated carbocycles. The first-order chi connectivity index (χ1) is 16.4. The predicted octanol–water partition coefficient (Wildman–Crippen LogP) is 4.21. The maximum absolute atomic E-state index is 13.3. The molecule has 0 aromatic heterocycles. The number of amides is 4. The average molecular weight is 456 g/mol. The van der Waals surface area contributed by atoms with Gasteiger partial charge in [-0.1, -0.05) is 54.1 Å². The first-order valence-electron chi connectivity index (χ1n) is 11.3. The van der Waals surface area contributed by atoms with Gasteiger partial charge in [0.05, 0.1) is 5.69 Å². The zero-order valence-electron chi connectivity index (χ0n) is 18.8. The summed E-state index contributed by atoms with van der Waals surface area (Å²) in [4.78, 5) is 39.8. The van der Waals surface area contributed by atoms with E-state index in [9.17, 15) is 14.4 Å². The van der Waals surface area contributed by atoms with Crippen LogP contribution in [0.3, 0.4) is 0 Å². The minimum absolute atomic E-state index is 0.355. The normalized spacial score (nSPS) is 19.0. The van der Waals surface area contributed by atoms with E-state index in [1.165, 1.54) is 5.56 Å². The van der Waals surface area contributed by atoms with Crippen LogP contribution in [0.15, 0.2) is 72.8 Å². The number of rotatable bonds is 5. The highest BCUT2D eigenvalue weighted by molar-refractivity contribution is 6.10. The van der Waals surface area contributed by atoms with E-state index in [-0.39, 0.29) is 12.5 Å². The lowest BCUT2D eigenvalue weighted by molar-refractivity contribution is -0.134. The van der Waals surface area contributed by atoms with Crippen molar-refractivity contribution < 1.29 is 19.1 Å². The highest BCUT2D eigenvalue weighted by Crippen LogP contribution is 2.34. The third-order valence-electron chi connectivity index (χ3n) is 6.39. The van der Waals surface area contributed by atoms with Gasteiger partial charge in [0.25, 0.3) is 5.91 Å². The van der Waals surface area contributed by atoms with Gasteiger partial charge < -0.3 is 15.4 Å². The molecule has 2 aliphatic rings. The average Bonchev–Trinajstić information content (AvgIpc) is 3.05. The zero-order chi connectivity index (χ0) is 23.7. The third-order valence-corrected chi connectivity index (χ3v) is 6.39. The monoisotopic (exact) mass is 455 g/mol. The van der Waals surface area contributed by atoms with Crippen molar-refractivity contribution in [3.8, 4) is 11.5 Å². The van der Waals surface area contributed by atoms with Crippen LogP contribution in [0.2, 0.25) is 0 Å². The van der Waals surface area contributed by atoms with E-state index < -0.39 is 17.5 Å². The maximum atomic E-state index is 13.3. The first kappa shape index (κ1) is 21.7. The molecule has 5 rings (SSSR count). The number of nitrogens with one attached hydrogen (secondary N) is 2. The van der Waals surface area contributed by atoms with Crippen LogP contribution in [0.1, 0.15) is 23.1 Å². The van der Waals surface area contributed by atoms with E-state index in [0.29, 0.717) is 36.4 Å². The number of urea groups is 1. The molecule has 4 amide bonds. The van der Waals surface area contributed by atoms with Gasteiger partial charge in [-0.3, -0.25) is 14.5 Å². The molecule has 3 aromatic rings. The Hall–Kier alpha value is -4.13. The summed E-state index contributed by atoms with van der Waals surface area (Å²) in [6.07, 6.45) is 1.64. The molecule has 0 radical (unpaired) electrons. The lowest BCUT2D eigenvalue weighted by Crippen LogP contribution is -2.51. The number of benzene rings is 3. The van der Waals surface area contributed by atoms with Gasteiger partial charge in [-0.05, 0) is 55.2 Å². The Labute approximate surface area is 197 Å². The van der Waals surface area contributed by atoms with E-state index in [2.05, 4.69) is 10.6 Å². The van der Waals surface area contributed by atoms with E-state index in [1.807, 2.05) is 55.5 Å². The van der Waals surface area contributed by atoms with Gasteiger partial charge in [0.15, 0.2) is 5.75 Å². The number of carbonyl (C=O) groups is 3. The van der Waals surface area contributed by atoms with Crippen molar-refractivity contribution in [1.82, 2.24) is 10.2 Å². The largest absolute Gasteiger partial charge is 0.455 e. The standard InChI is InChI=1S/C27H25N3O4/c1-18-10-12-21(13-11-18)34-23-9-5-4-8-22(23)28-24(31)17-30-25(32)27(29-26(30)33)15-14-19-6-2-3-7-20(19)16-27/h2-13H,14-17H2,1H3,(H,28,31)(H,29,33). The van der Waals surface area contributed by atoms with Gasteiger partial charge >= 0.3 is 6.03 Å². The minimum Gasteiger partial charge on any atom is -0.455 e. The van der Waals surface area contributed by atoms with Gasteiger partial charge in [0.2, 0.25) is 5.91 Å². The van der Waals surface area contributed by atoms with Crippen LogP contribution >= 0.6 is 0 Å². The fraction of sp³-hybridized carbons (Fsp3) is 0.222. The maximum Gasteiger partial charge on any atom is 0.325 e. The second kappa shape index (κ2) is 8.67. The van der Waals surface area contributed by atoms with Gasteiger partial charge in [0.1, 0.15) is 17.8 Å². The summed E-state index contributed by atoms with van der Waals surface area (Å²) < 4.78 is 5.93. The number of imide groups is 1. The number of hydrogen-bond acceptors (Lipinski definition) is 4. The number of anilines is 1. The SMILES string of the molecule is Cc1ccc(Oc2ccccc2NC(=O)CN2C(=O)NC3(CCc4ccccc4C3)C2=O)cc1. The Kier molecular flexibility index (Phi) is 5.53. The molecule has 2 N–H and O–H groups in total. The van der Waals surface area contributed by atoms with Crippen molar-refractivity contribution >= 4 is 23.5 Å². The highest BCUT2D eigenvalue weighted by atomic mass is 16.5. The zero-order valence-corrected chi connectivity index (χ0v) is 18.8. The second-order valence-corrected chi connectivity index (χ2v) is 8.81. The number of hydrogen-bond donors (Lipinski definition) is 2. The van der Waals surface area contributed by atoms with Crippen LogP contribution in [0, 0.1) is 6.92 Å². The van der Waals surface area contributed by atoms with Gasteiger partial charge in [-0.25, -0.2) is 4.79 Å². The number of carbonyl (C=O) groups excluding carboxylic acids is 3. The summed E-state index contributed by atoms with van der Waals surface area (Å²) in [6, 6.07) is 22.0. The van der Waals surface area contributed by atoms with Gasteiger partial charge in [-0.2, -0.15) is 0 Å². The summed E-state index contributed by atoms with van der Waals surface area (Å²) >= 11 is 0. The topological polar surface area (TPSA) is 87.7 Å². The Morgan fingerprint density at radius 2 is 1.71 bits per heavy atom. The molecule has 34 heavy (non-hydrogen) atoms. The van der Waals surface area contributed by atoms with Crippen molar-refractivity contribution in [3.05, 3.63) is 89.5 Å². The van der Waals surface area contributed by atoms with Crippen molar-refractivity contribution in [3.63, 3.8) is 0 Å². The van der Waals surface area contributed by atoms with E-state index >= 15 is 0 Å². The smallest absolute Gasteiger partial charge is 0.325 e. The van der Waals surface area contributed by atoms with Crippen molar-refractivity contribution in [2.75, 3.05) is 11.9 Å². The lowest BCUT2D eigenvalue weighted by Gasteiger charge is -2.32. The molecule has 1 spiro atoms. The molecule has 1 fully saturated rings. The van der Waals surface area contributed by atoms with Crippen LogP contribution in [0.4, 0.5) is 10.5 Å². The van der Waals surface area contributed by atoms with Crippen LogP contribution < -0.4 is 15.4 Å². The molecule has 3 aromatic carbocycles. The molecule has 7 heteroatoms. The molecule has 1 aliphatic heterocycles. The molecule has 1 atom stereocenters. The molecule has 7 nitrogen and oxygen atoms in total. The minimum atomic E-state index is -0.988. The Morgan fingerprint density at radius 3 is 2.50 bits per heavy atom. The second-order valence-electron chi connectivity index (χ2n) is 8.81. The number of para-hydroxylation sites is 2. The van der Waals surface area contributed by atoms with Crippen molar-refractivity contribution in [2.45, 2.75) is 31.7 Å². The molecular weight excluding hydrogens is 430 g/mol. The lowest BCUT2D eigenvalue weighted by atomic mass is 9.78. The molecule has 1 aliphatic carbocycles. The van der Waals surface area contributed by atoms with E-state index in [4.69, 9.17) is 4.74 Å². The Balaban J connectivity index is 1.28. The summed E-state index contributed by atoms with van der Waals surface area (Å²) in [5, 5.41) is 5.64. The van der Waals surface area contributed by atoms with Crippen LogP contribution in [-0.2, 0) is 22.4 Å². The molecule has 1 saturated heterocycles. The fourth-order valence-corrected chi connectivity index (χ4v) is 4.57. The van der Waals surface area contributed by atoms with Crippen LogP contribution in [0.25, 0.3) is 0 Å². The summed E-state index contributed by atoms with van der Waals surface area (Å²) in [6.45, 7) is 1.62. The molecule has 1 heterocycles. The predicted molar refractivity (Wildman–Crippen MR) is 128 cm³/mol. The summed E-state index contributed by atoms with van der Waals surface area (Å²) in [5.74, 6) is 0.279. The highest BCUT2D eigenvalue weighted by Gasteiger charge is 2.52. The number of nitrogens with zero attached hydrogens (tertiary/aromatic N) is 1. The number of fused-ring (bicyclic) bond motifs is 1. The van der Waals surface area contributed by atoms with E-state index in [0.717, 1.165) is 16.0 Å². The van der Waals surface area contributed by atoms with Crippen LogP contribution in [0.5, 0.6) is 11.5 Å². The van der Waals surface area contributed by atoms with Gasteiger partial charge in [-0.15, -0.1) is 0 Å². The van der Waals surface area contributed by atoms with Crippen molar-refractivity contribution in [2.24, 2.45) is 0 Å². The number of ether oxygens (including phenoxy) is 1. The molecular formula is C27H25N3O4. The molecule has 1 unspecified atom stereocenters. The van der Waals surface area contributed by atoms with E-state index in [1.54, 1.807) is 24.3 Å². The third kappa shape index (κ3) is 4.12. The van der Waals surface area contributed by atoms with Crippen molar-refractivity contribution in [1.29, 1.82) is 0 Å². The summed E-state index contributed by atoms with van der Waals surface area (Å²) in [7, 11) is 0. The quantitative estimate of drug-likeness (QED) is 0.565. The molecule has 0 bridgehead atoms. The van der Waals surface area contributed by atoms with Gasteiger partial charge in [0, 0.05) is 6.42 Å².